The number of fused-ring (bicyclic) bond motifs is 10. The van der Waals surface area contributed by atoms with Gasteiger partial charge in [-0.15, -0.1) is 0 Å². The van der Waals surface area contributed by atoms with E-state index in [9.17, 15) is 0 Å². The van der Waals surface area contributed by atoms with Crippen molar-refractivity contribution in [2.75, 3.05) is 4.90 Å². The molecule has 0 amide bonds. The molecule has 5 heteroatoms. The number of para-hydroxylation sites is 3. The van der Waals surface area contributed by atoms with Gasteiger partial charge in [-0.05, 0) is 65.4 Å². The molecule has 0 aliphatic carbocycles. The minimum absolute atomic E-state index is 0.587. The van der Waals surface area contributed by atoms with E-state index in [-0.39, 0.29) is 0 Å². The van der Waals surface area contributed by atoms with Gasteiger partial charge in [0.1, 0.15) is 11.1 Å². The van der Waals surface area contributed by atoms with E-state index in [1.807, 2.05) is 12.1 Å². The molecule has 0 unspecified atom stereocenters. The average molecular weight is 679 g/mol. The lowest BCUT2D eigenvalue weighted by Gasteiger charge is -2.25. The van der Waals surface area contributed by atoms with Crippen LogP contribution in [0.4, 0.5) is 17.1 Å². The SMILES string of the molecule is c1ccc(-c2nc(-n3c4cc(N(c5ccccc5)c5ccccc5)ccc4c4ccc5c(oc6ccc7ccccc7c65)c43)nc3ccccc23)cc1. The molecule has 8 aromatic carbocycles. The van der Waals surface area contributed by atoms with Crippen molar-refractivity contribution in [1.82, 2.24) is 14.5 Å². The lowest BCUT2D eigenvalue weighted by molar-refractivity contribution is 0.671. The highest BCUT2D eigenvalue weighted by Gasteiger charge is 2.24. The summed E-state index contributed by atoms with van der Waals surface area (Å²) in [5, 5.41) is 7.70. The number of hydrogen-bond donors (Lipinski definition) is 0. The van der Waals surface area contributed by atoms with Gasteiger partial charge in [-0.25, -0.2) is 9.97 Å². The van der Waals surface area contributed by atoms with Crippen LogP contribution in [0.1, 0.15) is 0 Å². The van der Waals surface area contributed by atoms with Crippen LogP contribution in [0.15, 0.2) is 186 Å². The molecule has 5 nitrogen and oxygen atoms in total. The van der Waals surface area contributed by atoms with Crippen LogP contribution in [0.5, 0.6) is 0 Å². The standard InChI is InChI=1S/C48H30N4O/c1-4-15-32(16-5-1)45-39-22-12-13-23-41(39)49-48(50-45)52-42-30-35(51(33-17-6-2-7-18-33)34-19-8-3-9-20-34)25-26-37(42)38-27-28-40-44-36-21-11-10-14-31(36)24-29-43(44)53-47(40)46(38)52/h1-30H. The molecule has 0 fully saturated rings. The van der Waals surface area contributed by atoms with E-state index in [4.69, 9.17) is 14.4 Å². The third-order valence-corrected chi connectivity index (χ3v) is 10.4. The molecule has 11 aromatic rings. The second-order valence-corrected chi connectivity index (χ2v) is 13.4. The summed E-state index contributed by atoms with van der Waals surface area (Å²) in [6.07, 6.45) is 0. The summed E-state index contributed by atoms with van der Waals surface area (Å²) in [7, 11) is 0. The Morgan fingerprint density at radius 1 is 0.472 bits per heavy atom. The van der Waals surface area contributed by atoms with Gasteiger partial charge >= 0.3 is 0 Å². The van der Waals surface area contributed by atoms with Crippen molar-refractivity contribution in [1.29, 1.82) is 0 Å². The number of benzene rings is 8. The fourth-order valence-electron chi connectivity index (χ4n) is 8.02. The van der Waals surface area contributed by atoms with Gasteiger partial charge in [0.15, 0.2) is 5.58 Å². The minimum atomic E-state index is 0.587. The summed E-state index contributed by atoms with van der Waals surface area (Å²) in [6, 6.07) is 63.5. The maximum atomic E-state index is 6.90. The first kappa shape index (κ1) is 29.5. The zero-order valence-corrected chi connectivity index (χ0v) is 28.5. The summed E-state index contributed by atoms with van der Waals surface area (Å²) in [6.45, 7) is 0. The van der Waals surface area contributed by atoms with Crippen LogP contribution in [0, 0.1) is 0 Å². The lowest BCUT2D eigenvalue weighted by atomic mass is 10.0. The number of nitrogens with zero attached hydrogens (tertiary/aromatic N) is 4. The average Bonchev–Trinajstić information content (AvgIpc) is 3.78. The van der Waals surface area contributed by atoms with Gasteiger partial charge in [0.25, 0.3) is 0 Å². The Morgan fingerprint density at radius 2 is 1.11 bits per heavy atom. The summed E-state index contributed by atoms with van der Waals surface area (Å²) in [5.74, 6) is 0.587. The van der Waals surface area contributed by atoms with Crippen molar-refractivity contribution in [2.24, 2.45) is 0 Å². The second-order valence-electron chi connectivity index (χ2n) is 13.4. The van der Waals surface area contributed by atoms with Crippen LogP contribution in [-0.2, 0) is 0 Å². The third-order valence-electron chi connectivity index (χ3n) is 10.4. The Kier molecular flexibility index (Phi) is 6.48. The van der Waals surface area contributed by atoms with E-state index in [2.05, 4.69) is 179 Å². The van der Waals surface area contributed by atoms with Gasteiger partial charge in [0.05, 0.1) is 16.7 Å². The van der Waals surface area contributed by atoms with Crippen LogP contribution in [0.3, 0.4) is 0 Å². The van der Waals surface area contributed by atoms with E-state index in [0.29, 0.717) is 5.95 Å². The normalized spacial score (nSPS) is 11.8. The second kappa shape index (κ2) is 11.7. The van der Waals surface area contributed by atoms with Gasteiger partial charge in [-0.3, -0.25) is 4.57 Å². The molecular formula is C48H30N4O. The Morgan fingerprint density at radius 3 is 1.89 bits per heavy atom. The molecule has 53 heavy (non-hydrogen) atoms. The molecule has 0 saturated heterocycles. The van der Waals surface area contributed by atoms with E-state index in [1.165, 1.54) is 10.8 Å². The highest BCUT2D eigenvalue weighted by atomic mass is 16.3. The highest BCUT2D eigenvalue weighted by Crippen LogP contribution is 2.44. The molecule has 0 saturated carbocycles. The summed E-state index contributed by atoms with van der Waals surface area (Å²) in [4.78, 5) is 13.0. The molecule has 3 heterocycles. The number of hydrogen-bond acceptors (Lipinski definition) is 4. The molecule has 0 atom stereocenters. The van der Waals surface area contributed by atoms with Gasteiger partial charge in [-0.1, -0.05) is 127 Å². The van der Waals surface area contributed by atoms with Crippen molar-refractivity contribution in [2.45, 2.75) is 0 Å². The third kappa shape index (κ3) is 4.57. The fourth-order valence-corrected chi connectivity index (χ4v) is 8.02. The van der Waals surface area contributed by atoms with Gasteiger partial charge < -0.3 is 9.32 Å². The number of rotatable bonds is 5. The van der Waals surface area contributed by atoms with E-state index < -0.39 is 0 Å². The van der Waals surface area contributed by atoms with Crippen LogP contribution >= 0.6 is 0 Å². The largest absolute Gasteiger partial charge is 0.454 e. The topological polar surface area (TPSA) is 47.1 Å². The molecule has 0 spiro atoms. The van der Waals surface area contributed by atoms with Crippen molar-refractivity contribution in [3.63, 3.8) is 0 Å². The van der Waals surface area contributed by atoms with Gasteiger partial charge in [0, 0.05) is 49.6 Å². The molecular weight excluding hydrogens is 649 g/mol. The van der Waals surface area contributed by atoms with Crippen LogP contribution in [0.25, 0.3) is 82.6 Å². The summed E-state index contributed by atoms with van der Waals surface area (Å²) < 4.78 is 9.11. The van der Waals surface area contributed by atoms with Crippen molar-refractivity contribution >= 4 is 82.5 Å². The Hall–Kier alpha value is -7.24. The van der Waals surface area contributed by atoms with E-state index in [1.54, 1.807) is 0 Å². The van der Waals surface area contributed by atoms with Crippen LogP contribution in [0.2, 0.25) is 0 Å². The monoisotopic (exact) mass is 678 g/mol. The van der Waals surface area contributed by atoms with E-state index in [0.717, 1.165) is 83.0 Å². The predicted molar refractivity (Wildman–Crippen MR) is 219 cm³/mol. The summed E-state index contributed by atoms with van der Waals surface area (Å²) in [5.41, 5.74) is 9.55. The molecule has 0 radical (unpaired) electrons. The Balaban J connectivity index is 1.28. The molecule has 0 N–H and O–H groups in total. The summed E-state index contributed by atoms with van der Waals surface area (Å²) >= 11 is 0. The number of furan rings is 1. The van der Waals surface area contributed by atoms with Crippen LogP contribution in [-0.4, -0.2) is 14.5 Å². The Labute approximate surface area is 304 Å². The lowest BCUT2D eigenvalue weighted by Crippen LogP contribution is -2.10. The molecule has 11 rings (SSSR count). The van der Waals surface area contributed by atoms with E-state index >= 15 is 0 Å². The minimum Gasteiger partial charge on any atom is -0.454 e. The first-order valence-electron chi connectivity index (χ1n) is 17.8. The van der Waals surface area contributed by atoms with Gasteiger partial charge in [-0.2, -0.15) is 0 Å². The zero-order valence-electron chi connectivity index (χ0n) is 28.5. The first-order chi connectivity index (χ1) is 26.3. The molecule has 0 aliphatic rings. The zero-order chi connectivity index (χ0) is 34.9. The number of anilines is 3. The molecule has 0 aliphatic heterocycles. The quantitative estimate of drug-likeness (QED) is 0.182. The smallest absolute Gasteiger partial charge is 0.235 e. The first-order valence-corrected chi connectivity index (χ1v) is 17.8. The van der Waals surface area contributed by atoms with Gasteiger partial charge in [0.2, 0.25) is 5.95 Å². The molecule has 3 aromatic heterocycles. The fraction of sp³-hybridized carbons (Fsp3) is 0. The maximum Gasteiger partial charge on any atom is 0.235 e. The molecule has 0 bridgehead atoms. The highest BCUT2D eigenvalue weighted by molar-refractivity contribution is 6.26. The predicted octanol–water partition coefficient (Wildman–Crippen LogP) is 12.9. The van der Waals surface area contributed by atoms with Crippen molar-refractivity contribution in [3.8, 4) is 17.2 Å². The molecule has 248 valence electrons. The number of aromatic nitrogens is 3. The van der Waals surface area contributed by atoms with Crippen LogP contribution < -0.4 is 4.90 Å². The maximum absolute atomic E-state index is 6.90. The van der Waals surface area contributed by atoms with Crippen molar-refractivity contribution in [3.05, 3.63) is 182 Å². The Bertz CT molecular complexity index is 3130. The van der Waals surface area contributed by atoms with Crippen molar-refractivity contribution < 1.29 is 4.42 Å².